The van der Waals surface area contributed by atoms with Gasteiger partial charge in [-0.05, 0) is 18.2 Å². The van der Waals surface area contributed by atoms with Crippen molar-refractivity contribution in [1.82, 2.24) is 25.0 Å². The van der Waals surface area contributed by atoms with Crippen LogP contribution in [0.3, 0.4) is 0 Å². The van der Waals surface area contributed by atoms with Crippen molar-refractivity contribution in [2.45, 2.75) is 6.67 Å². The van der Waals surface area contributed by atoms with Crippen molar-refractivity contribution in [3.63, 3.8) is 0 Å². The van der Waals surface area contributed by atoms with Crippen LogP contribution in [0.2, 0.25) is 0 Å². The lowest BCUT2D eigenvalue weighted by Gasteiger charge is -2.35. The number of anilines is 1. The van der Waals surface area contributed by atoms with E-state index in [-0.39, 0.29) is 17.2 Å². The number of piperazine rings is 1. The van der Waals surface area contributed by atoms with E-state index in [0.29, 0.717) is 17.4 Å². The Hall–Kier alpha value is -3.26. The maximum absolute atomic E-state index is 12.9. The molecule has 8 heteroatoms. The summed E-state index contributed by atoms with van der Waals surface area (Å²) < 4.78 is 1.39. The largest absolute Gasteiger partial charge is 0.354 e. The average Bonchev–Trinajstić information content (AvgIpc) is 2.76. The fourth-order valence-corrected chi connectivity index (χ4v) is 3.47. The maximum Gasteiger partial charge on any atom is 0.275 e. The third-order valence-electron chi connectivity index (χ3n) is 4.99. The van der Waals surface area contributed by atoms with E-state index < -0.39 is 0 Å². The zero-order valence-electron chi connectivity index (χ0n) is 15.7. The molecule has 1 fully saturated rings. The molecule has 144 valence electrons. The fourth-order valence-electron chi connectivity index (χ4n) is 3.47. The van der Waals surface area contributed by atoms with E-state index in [1.165, 1.54) is 4.68 Å². The maximum atomic E-state index is 12.9. The second kappa shape index (κ2) is 7.77. The number of aromatic nitrogens is 3. The third kappa shape index (κ3) is 3.46. The molecule has 2 aromatic heterocycles. The van der Waals surface area contributed by atoms with Gasteiger partial charge in [0.05, 0.1) is 12.1 Å². The number of rotatable bonds is 4. The molecule has 0 radical (unpaired) electrons. The van der Waals surface area contributed by atoms with E-state index in [1.54, 1.807) is 37.5 Å². The van der Waals surface area contributed by atoms with Crippen LogP contribution in [-0.2, 0) is 6.67 Å². The molecule has 8 nitrogen and oxygen atoms in total. The summed E-state index contributed by atoms with van der Waals surface area (Å²) in [7, 11) is 1.56. The minimum atomic E-state index is -0.301. The quantitative estimate of drug-likeness (QED) is 0.727. The van der Waals surface area contributed by atoms with Gasteiger partial charge in [0.25, 0.3) is 11.5 Å². The lowest BCUT2D eigenvalue weighted by Crippen LogP contribution is -2.48. The molecule has 0 saturated carbocycles. The highest BCUT2D eigenvalue weighted by Gasteiger charge is 2.21. The Morgan fingerprint density at radius 2 is 1.75 bits per heavy atom. The van der Waals surface area contributed by atoms with Crippen LogP contribution in [0.4, 0.5) is 5.82 Å². The Morgan fingerprint density at radius 3 is 2.43 bits per heavy atom. The van der Waals surface area contributed by atoms with Crippen LogP contribution in [0.5, 0.6) is 0 Å². The van der Waals surface area contributed by atoms with E-state index in [1.807, 2.05) is 18.2 Å². The Balaban J connectivity index is 1.56. The first kappa shape index (κ1) is 18.1. The highest BCUT2D eigenvalue weighted by molar-refractivity contribution is 6.04. The Morgan fingerprint density at radius 1 is 1.04 bits per heavy atom. The summed E-state index contributed by atoms with van der Waals surface area (Å²) in [6.07, 6.45) is 1.79. The molecule has 0 unspecified atom stereocenters. The van der Waals surface area contributed by atoms with Gasteiger partial charge in [-0.15, -0.1) is 0 Å². The van der Waals surface area contributed by atoms with Crippen LogP contribution >= 0.6 is 0 Å². The lowest BCUT2D eigenvalue weighted by atomic mass is 10.1. The van der Waals surface area contributed by atoms with Crippen molar-refractivity contribution in [3.8, 4) is 0 Å². The van der Waals surface area contributed by atoms with E-state index >= 15 is 0 Å². The first-order valence-corrected chi connectivity index (χ1v) is 9.27. The van der Waals surface area contributed by atoms with Crippen LogP contribution in [-0.4, -0.2) is 58.8 Å². The Kier molecular flexibility index (Phi) is 5.03. The van der Waals surface area contributed by atoms with Gasteiger partial charge in [0.2, 0.25) is 0 Å². The highest BCUT2D eigenvalue weighted by atomic mass is 16.2. The van der Waals surface area contributed by atoms with Crippen LogP contribution in [0.25, 0.3) is 10.8 Å². The summed E-state index contributed by atoms with van der Waals surface area (Å²) in [5, 5.41) is 8.05. The number of hydrogen-bond acceptors (Lipinski definition) is 6. The summed E-state index contributed by atoms with van der Waals surface area (Å²) in [5.74, 6) is 0.662. The van der Waals surface area contributed by atoms with Crippen LogP contribution in [0.1, 0.15) is 10.5 Å². The van der Waals surface area contributed by atoms with Crippen molar-refractivity contribution >= 4 is 22.5 Å². The molecule has 1 amide bonds. The van der Waals surface area contributed by atoms with E-state index in [9.17, 15) is 9.59 Å². The SMILES string of the molecule is CNC(=O)c1nn(CN2CCN(c3ccccn3)CC2)c(=O)c2ccccc12. The summed E-state index contributed by atoms with van der Waals surface area (Å²) >= 11 is 0. The number of carbonyl (C=O) groups is 1. The Labute approximate surface area is 162 Å². The molecule has 3 aromatic rings. The summed E-state index contributed by atoms with van der Waals surface area (Å²) in [6.45, 7) is 3.56. The number of pyridine rings is 1. The van der Waals surface area contributed by atoms with Gasteiger partial charge in [-0.25, -0.2) is 9.67 Å². The number of fused-ring (bicyclic) bond motifs is 1. The van der Waals surface area contributed by atoms with Crippen LogP contribution in [0.15, 0.2) is 53.5 Å². The van der Waals surface area contributed by atoms with Gasteiger partial charge in [-0.3, -0.25) is 14.5 Å². The van der Waals surface area contributed by atoms with Crippen molar-refractivity contribution < 1.29 is 4.79 Å². The molecule has 1 aliphatic heterocycles. The molecular weight excluding hydrogens is 356 g/mol. The van der Waals surface area contributed by atoms with Gasteiger partial charge in [-0.1, -0.05) is 24.3 Å². The number of amides is 1. The van der Waals surface area contributed by atoms with Crippen LogP contribution < -0.4 is 15.8 Å². The summed E-state index contributed by atoms with van der Waals surface area (Å²) in [6, 6.07) is 13.0. The number of carbonyl (C=O) groups excluding carboxylic acids is 1. The zero-order valence-corrected chi connectivity index (χ0v) is 15.7. The molecular formula is C20H22N6O2. The average molecular weight is 378 g/mol. The second-order valence-corrected chi connectivity index (χ2v) is 6.71. The number of benzene rings is 1. The number of nitrogens with zero attached hydrogens (tertiary/aromatic N) is 5. The molecule has 1 aliphatic rings. The normalized spacial score (nSPS) is 15.0. The van der Waals surface area contributed by atoms with Crippen molar-refractivity contribution in [3.05, 3.63) is 64.7 Å². The topological polar surface area (TPSA) is 83.4 Å². The molecule has 1 saturated heterocycles. The number of nitrogens with one attached hydrogen (secondary N) is 1. The van der Waals surface area contributed by atoms with Gasteiger partial charge in [0.15, 0.2) is 5.69 Å². The summed E-state index contributed by atoms with van der Waals surface area (Å²) in [4.78, 5) is 33.9. The first-order chi connectivity index (χ1) is 13.7. The molecule has 3 heterocycles. The van der Waals surface area contributed by atoms with Gasteiger partial charge in [0.1, 0.15) is 5.82 Å². The minimum Gasteiger partial charge on any atom is -0.354 e. The zero-order chi connectivity index (χ0) is 19.5. The van der Waals surface area contributed by atoms with Crippen molar-refractivity contribution in [1.29, 1.82) is 0 Å². The predicted molar refractivity (Wildman–Crippen MR) is 107 cm³/mol. The number of hydrogen-bond donors (Lipinski definition) is 1. The third-order valence-corrected chi connectivity index (χ3v) is 4.99. The fraction of sp³-hybridized carbons (Fsp3) is 0.300. The molecule has 0 atom stereocenters. The molecule has 1 N–H and O–H groups in total. The predicted octanol–water partition coefficient (Wildman–Crippen LogP) is 0.931. The lowest BCUT2D eigenvalue weighted by molar-refractivity contribution is 0.0955. The molecule has 0 spiro atoms. The van der Waals surface area contributed by atoms with Gasteiger partial charge in [0, 0.05) is 44.8 Å². The Bertz CT molecular complexity index is 1040. The van der Waals surface area contributed by atoms with Gasteiger partial charge < -0.3 is 10.2 Å². The van der Waals surface area contributed by atoms with Gasteiger partial charge in [-0.2, -0.15) is 5.10 Å². The minimum absolute atomic E-state index is 0.185. The summed E-state index contributed by atoms with van der Waals surface area (Å²) in [5.41, 5.74) is 0.0835. The highest BCUT2D eigenvalue weighted by Crippen LogP contribution is 2.15. The first-order valence-electron chi connectivity index (χ1n) is 9.27. The molecule has 1 aromatic carbocycles. The molecule has 0 bridgehead atoms. The van der Waals surface area contributed by atoms with E-state index in [4.69, 9.17) is 0 Å². The van der Waals surface area contributed by atoms with E-state index in [0.717, 1.165) is 32.0 Å². The smallest absolute Gasteiger partial charge is 0.275 e. The molecule has 0 aliphatic carbocycles. The second-order valence-electron chi connectivity index (χ2n) is 6.71. The van der Waals surface area contributed by atoms with Crippen molar-refractivity contribution in [2.75, 3.05) is 38.1 Å². The standard InChI is InChI=1S/C20H22N6O2/c1-21-19(27)18-15-6-2-3-7-16(15)20(28)26(23-18)14-24-10-12-25(13-11-24)17-8-4-5-9-22-17/h2-9H,10-14H2,1H3,(H,21,27). The molecule has 4 rings (SSSR count). The van der Waals surface area contributed by atoms with E-state index in [2.05, 4.69) is 25.2 Å². The molecule has 28 heavy (non-hydrogen) atoms. The monoisotopic (exact) mass is 378 g/mol. The van der Waals surface area contributed by atoms with Crippen LogP contribution in [0, 0.1) is 0 Å². The van der Waals surface area contributed by atoms with Crippen molar-refractivity contribution in [2.24, 2.45) is 0 Å². The van der Waals surface area contributed by atoms with Gasteiger partial charge >= 0.3 is 0 Å².